The van der Waals surface area contributed by atoms with Gasteiger partial charge in [-0.25, -0.2) is 4.98 Å². The molecular weight excluding hydrogens is 201 g/mol. The number of nitrogens with zero attached hydrogens (tertiary/aromatic N) is 1. The van der Waals surface area contributed by atoms with Gasteiger partial charge in [0.2, 0.25) is 0 Å². The highest BCUT2D eigenvalue weighted by Gasteiger charge is 2.35. The van der Waals surface area contributed by atoms with E-state index in [1.807, 2.05) is 6.92 Å². The zero-order valence-electron chi connectivity index (χ0n) is 6.98. The summed E-state index contributed by atoms with van der Waals surface area (Å²) < 4.78 is 36.7. The minimum absolute atomic E-state index is 0.232. The number of rotatable bonds is 3. The minimum atomic E-state index is -4.33. The fourth-order valence-corrected chi connectivity index (χ4v) is 1.62. The molecule has 0 saturated carbocycles. The average molecular weight is 210 g/mol. The quantitative estimate of drug-likeness (QED) is 0.827. The average Bonchev–Trinajstić information content (AvgIpc) is 2.47. The Kier molecular flexibility index (Phi) is 3.27. The summed E-state index contributed by atoms with van der Waals surface area (Å²) in [5.74, 6) is 0. The van der Waals surface area contributed by atoms with E-state index in [1.165, 1.54) is 5.51 Å². The summed E-state index contributed by atoms with van der Waals surface area (Å²) in [4.78, 5) is 3.54. The Morgan fingerprint density at radius 3 is 2.77 bits per heavy atom. The predicted octanol–water partition coefficient (Wildman–Crippen LogP) is 2.27. The Bertz CT molecular complexity index is 269. The monoisotopic (exact) mass is 210 g/mol. The second-order valence-corrected chi connectivity index (χ2v) is 3.34. The van der Waals surface area contributed by atoms with Gasteiger partial charge in [-0.2, -0.15) is 13.2 Å². The van der Waals surface area contributed by atoms with Crippen molar-refractivity contribution in [3.05, 3.63) is 16.1 Å². The third-order valence-electron chi connectivity index (χ3n) is 1.44. The summed E-state index contributed by atoms with van der Waals surface area (Å²) in [6, 6.07) is 0. The van der Waals surface area contributed by atoms with Gasteiger partial charge >= 0.3 is 6.18 Å². The second-order valence-electron chi connectivity index (χ2n) is 2.40. The first-order valence-electron chi connectivity index (χ1n) is 3.76. The third kappa shape index (κ3) is 2.67. The van der Waals surface area contributed by atoms with Crippen LogP contribution in [0.15, 0.2) is 5.51 Å². The van der Waals surface area contributed by atoms with Crippen molar-refractivity contribution >= 4 is 11.3 Å². The molecule has 0 aromatic carbocycles. The molecule has 0 radical (unpaired) electrons. The van der Waals surface area contributed by atoms with Crippen LogP contribution in [0.4, 0.5) is 13.2 Å². The first kappa shape index (κ1) is 10.5. The standard InChI is InChI=1S/C7H9F3N2S/c1-2-11-3-5-6(7(8,9)10)12-4-13-5/h4,11H,2-3H2,1H3. The first-order chi connectivity index (χ1) is 6.05. The number of hydrogen-bond donors (Lipinski definition) is 1. The number of hydrogen-bond acceptors (Lipinski definition) is 3. The van der Waals surface area contributed by atoms with E-state index in [4.69, 9.17) is 0 Å². The SMILES string of the molecule is CCNCc1scnc1C(F)(F)F. The molecule has 0 amide bonds. The summed E-state index contributed by atoms with van der Waals surface area (Å²) in [5, 5.41) is 2.83. The van der Waals surface area contributed by atoms with Gasteiger partial charge in [-0.3, -0.25) is 0 Å². The molecule has 0 spiro atoms. The van der Waals surface area contributed by atoms with Crippen molar-refractivity contribution in [3.8, 4) is 0 Å². The van der Waals surface area contributed by atoms with E-state index in [0.717, 1.165) is 11.3 Å². The van der Waals surface area contributed by atoms with Crippen LogP contribution < -0.4 is 5.32 Å². The Morgan fingerprint density at radius 2 is 2.23 bits per heavy atom. The fraction of sp³-hybridized carbons (Fsp3) is 0.571. The van der Waals surface area contributed by atoms with E-state index in [9.17, 15) is 13.2 Å². The molecule has 0 saturated heterocycles. The summed E-state index contributed by atoms with van der Waals surface area (Å²) >= 11 is 1.02. The van der Waals surface area contributed by atoms with Gasteiger partial charge in [-0.05, 0) is 6.54 Å². The van der Waals surface area contributed by atoms with Crippen LogP contribution in [0, 0.1) is 0 Å². The fourth-order valence-electron chi connectivity index (χ4n) is 0.866. The highest BCUT2D eigenvalue weighted by atomic mass is 32.1. The van der Waals surface area contributed by atoms with Crippen molar-refractivity contribution in [1.82, 2.24) is 10.3 Å². The maximum absolute atomic E-state index is 12.2. The van der Waals surface area contributed by atoms with Gasteiger partial charge in [0, 0.05) is 6.54 Å². The van der Waals surface area contributed by atoms with Crippen molar-refractivity contribution < 1.29 is 13.2 Å². The number of alkyl halides is 3. The molecule has 0 fully saturated rings. The van der Waals surface area contributed by atoms with Crippen molar-refractivity contribution in [1.29, 1.82) is 0 Å². The van der Waals surface area contributed by atoms with E-state index in [2.05, 4.69) is 10.3 Å². The zero-order valence-corrected chi connectivity index (χ0v) is 7.80. The van der Waals surface area contributed by atoms with Crippen LogP contribution in [-0.2, 0) is 12.7 Å². The van der Waals surface area contributed by atoms with Gasteiger partial charge < -0.3 is 5.32 Å². The molecule has 13 heavy (non-hydrogen) atoms. The van der Waals surface area contributed by atoms with Crippen LogP contribution in [0.1, 0.15) is 17.5 Å². The molecular formula is C7H9F3N2S. The van der Waals surface area contributed by atoms with Crippen molar-refractivity contribution in [3.63, 3.8) is 0 Å². The highest BCUT2D eigenvalue weighted by molar-refractivity contribution is 7.09. The Labute approximate surface area is 77.8 Å². The molecule has 6 heteroatoms. The lowest BCUT2D eigenvalue weighted by Gasteiger charge is -2.05. The van der Waals surface area contributed by atoms with E-state index in [-0.39, 0.29) is 11.4 Å². The van der Waals surface area contributed by atoms with Crippen molar-refractivity contribution in [2.75, 3.05) is 6.54 Å². The molecule has 1 heterocycles. The normalized spacial score (nSPS) is 12.0. The molecule has 2 nitrogen and oxygen atoms in total. The first-order valence-corrected chi connectivity index (χ1v) is 4.64. The summed E-state index contributed by atoms with van der Waals surface area (Å²) in [6.07, 6.45) is -4.33. The van der Waals surface area contributed by atoms with Gasteiger partial charge in [0.1, 0.15) is 0 Å². The largest absolute Gasteiger partial charge is 0.434 e. The van der Waals surface area contributed by atoms with Gasteiger partial charge in [-0.1, -0.05) is 6.92 Å². The van der Waals surface area contributed by atoms with Crippen molar-refractivity contribution in [2.24, 2.45) is 0 Å². The molecule has 1 rings (SSSR count). The van der Waals surface area contributed by atoms with Crippen molar-refractivity contribution in [2.45, 2.75) is 19.6 Å². The van der Waals surface area contributed by atoms with Gasteiger partial charge in [0.25, 0.3) is 0 Å². The molecule has 0 bridgehead atoms. The zero-order chi connectivity index (χ0) is 9.90. The highest BCUT2D eigenvalue weighted by Crippen LogP contribution is 2.32. The summed E-state index contributed by atoms with van der Waals surface area (Å²) in [5.41, 5.74) is 0.452. The molecule has 0 aliphatic heterocycles. The molecule has 1 aromatic heterocycles. The molecule has 0 unspecified atom stereocenters. The Balaban J connectivity index is 2.77. The van der Waals surface area contributed by atoms with Crippen LogP contribution in [0.5, 0.6) is 0 Å². The maximum Gasteiger partial charge on any atom is 0.434 e. The molecule has 0 aliphatic carbocycles. The number of halogens is 3. The minimum Gasteiger partial charge on any atom is -0.312 e. The molecule has 74 valence electrons. The lowest BCUT2D eigenvalue weighted by Crippen LogP contribution is -2.15. The predicted molar refractivity (Wildman–Crippen MR) is 44.5 cm³/mol. The number of thiazole rings is 1. The maximum atomic E-state index is 12.2. The lowest BCUT2D eigenvalue weighted by atomic mass is 10.3. The topological polar surface area (TPSA) is 24.9 Å². The third-order valence-corrected chi connectivity index (χ3v) is 2.28. The summed E-state index contributed by atoms with van der Waals surface area (Å²) in [7, 11) is 0. The van der Waals surface area contributed by atoms with E-state index in [0.29, 0.717) is 6.54 Å². The molecule has 0 atom stereocenters. The Hall–Kier alpha value is -0.620. The smallest absolute Gasteiger partial charge is 0.312 e. The molecule has 1 aromatic rings. The molecule has 1 N–H and O–H groups in total. The molecule has 0 aliphatic rings. The van der Waals surface area contributed by atoms with E-state index < -0.39 is 11.9 Å². The van der Waals surface area contributed by atoms with E-state index >= 15 is 0 Å². The van der Waals surface area contributed by atoms with Crippen LogP contribution in [0.2, 0.25) is 0 Å². The number of nitrogens with one attached hydrogen (secondary N) is 1. The Morgan fingerprint density at radius 1 is 1.54 bits per heavy atom. The second kappa shape index (κ2) is 4.06. The van der Waals surface area contributed by atoms with Crippen LogP contribution in [0.3, 0.4) is 0 Å². The van der Waals surface area contributed by atoms with Crippen LogP contribution in [0.25, 0.3) is 0 Å². The van der Waals surface area contributed by atoms with Gasteiger partial charge in [0.15, 0.2) is 5.69 Å². The van der Waals surface area contributed by atoms with Gasteiger partial charge in [0.05, 0.1) is 10.4 Å². The van der Waals surface area contributed by atoms with E-state index in [1.54, 1.807) is 0 Å². The van der Waals surface area contributed by atoms with Crippen LogP contribution in [-0.4, -0.2) is 11.5 Å². The number of aromatic nitrogens is 1. The summed E-state index contributed by atoms with van der Waals surface area (Å²) in [6.45, 7) is 2.72. The van der Waals surface area contributed by atoms with Gasteiger partial charge in [-0.15, -0.1) is 11.3 Å². The van der Waals surface area contributed by atoms with Crippen LogP contribution >= 0.6 is 11.3 Å². The lowest BCUT2D eigenvalue weighted by molar-refractivity contribution is -0.141.